The highest BCUT2D eigenvalue weighted by molar-refractivity contribution is 5.91. The zero-order chi connectivity index (χ0) is 11.8. The lowest BCUT2D eigenvalue weighted by atomic mass is 9.90. The number of aryl methyl sites for hydroxylation is 2. The summed E-state index contributed by atoms with van der Waals surface area (Å²) in [5.41, 5.74) is 8.74. The number of benzene rings is 1. The van der Waals surface area contributed by atoms with Gasteiger partial charge in [-0.15, -0.1) is 0 Å². The minimum Gasteiger partial charge on any atom is -0.291 e. The van der Waals surface area contributed by atoms with Crippen LogP contribution in [-0.2, 0) is 10.2 Å². The van der Waals surface area contributed by atoms with Gasteiger partial charge in [0, 0.05) is 7.05 Å². The van der Waals surface area contributed by atoms with Crippen LogP contribution >= 0.6 is 0 Å². The van der Waals surface area contributed by atoms with Crippen LogP contribution in [0.3, 0.4) is 0 Å². The highest BCUT2D eigenvalue weighted by Gasteiger charge is 2.51. The van der Waals surface area contributed by atoms with Gasteiger partial charge in [-0.3, -0.25) is 10.2 Å². The van der Waals surface area contributed by atoms with Crippen LogP contribution in [0.2, 0.25) is 0 Å². The molecule has 0 aliphatic heterocycles. The Labute approximate surface area is 96.2 Å². The van der Waals surface area contributed by atoms with Crippen molar-refractivity contribution in [1.29, 1.82) is 0 Å². The largest absolute Gasteiger partial charge is 0.291 e. The Hall–Kier alpha value is -1.35. The zero-order valence-corrected chi connectivity index (χ0v) is 10.1. The van der Waals surface area contributed by atoms with Crippen LogP contribution in [0, 0.1) is 13.8 Å². The summed E-state index contributed by atoms with van der Waals surface area (Å²) in [7, 11) is 1.72. The first-order valence-electron chi connectivity index (χ1n) is 5.65. The van der Waals surface area contributed by atoms with Gasteiger partial charge >= 0.3 is 0 Å². The quantitative estimate of drug-likeness (QED) is 0.756. The number of hydrogen-bond donors (Lipinski definition) is 2. The molecule has 0 saturated heterocycles. The molecule has 0 unspecified atom stereocenters. The standard InChI is InChI=1S/C13H18N2O/c1-9-4-5-10(2)11(8-9)13(6-7-13)12(16)15-14-3/h4-5,8,14H,6-7H2,1-3H3,(H,15,16). The number of nitrogens with one attached hydrogen (secondary N) is 2. The third-order valence-corrected chi connectivity index (χ3v) is 3.33. The van der Waals surface area contributed by atoms with Gasteiger partial charge in [0.2, 0.25) is 5.91 Å². The maximum atomic E-state index is 12.0. The molecule has 3 heteroatoms. The first kappa shape index (κ1) is 11.1. The van der Waals surface area contributed by atoms with Crippen molar-refractivity contribution in [2.45, 2.75) is 32.1 Å². The van der Waals surface area contributed by atoms with Crippen molar-refractivity contribution in [1.82, 2.24) is 10.9 Å². The summed E-state index contributed by atoms with van der Waals surface area (Å²) in [6, 6.07) is 6.32. The van der Waals surface area contributed by atoms with Gasteiger partial charge in [0.15, 0.2) is 0 Å². The van der Waals surface area contributed by atoms with E-state index in [9.17, 15) is 4.79 Å². The van der Waals surface area contributed by atoms with Gasteiger partial charge < -0.3 is 0 Å². The Morgan fingerprint density at radius 3 is 2.56 bits per heavy atom. The molecule has 0 bridgehead atoms. The van der Waals surface area contributed by atoms with Gasteiger partial charge in [0.05, 0.1) is 5.41 Å². The molecule has 1 aromatic carbocycles. The van der Waals surface area contributed by atoms with Crippen LogP contribution in [0.1, 0.15) is 29.5 Å². The number of hydrazine groups is 1. The third kappa shape index (κ3) is 1.71. The molecule has 16 heavy (non-hydrogen) atoms. The molecule has 0 spiro atoms. The zero-order valence-electron chi connectivity index (χ0n) is 10.1. The summed E-state index contributed by atoms with van der Waals surface area (Å²) in [6.07, 6.45) is 1.90. The Kier molecular flexibility index (Phi) is 2.72. The van der Waals surface area contributed by atoms with E-state index in [0.717, 1.165) is 12.8 Å². The molecule has 1 aliphatic carbocycles. The summed E-state index contributed by atoms with van der Waals surface area (Å²) in [4.78, 5) is 12.0. The molecule has 86 valence electrons. The van der Waals surface area contributed by atoms with E-state index in [2.05, 4.69) is 42.9 Å². The van der Waals surface area contributed by atoms with E-state index in [1.54, 1.807) is 7.05 Å². The van der Waals surface area contributed by atoms with Crippen molar-refractivity contribution in [2.75, 3.05) is 7.05 Å². The number of carbonyl (C=O) groups excluding carboxylic acids is 1. The molecule has 1 saturated carbocycles. The highest BCUT2D eigenvalue weighted by Crippen LogP contribution is 2.49. The Morgan fingerprint density at radius 2 is 2.00 bits per heavy atom. The molecule has 0 aromatic heterocycles. The fraction of sp³-hybridized carbons (Fsp3) is 0.462. The molecule has 2 rings (SSSR count). The average molecular weight is 218 g/mol. The molecule has 0 atom stereocenters. The number of amides is 1. The summed E-state index contributed by atoms with van der Waals surface area (Å²) in [5.74, 6) is 0.0868. The predicted molar refractivity (Wildman–Crippen MR) is 64.0 cm³/mol. The van der Waals surface area contributed by atoms with Crippen LogP contribution in [0.5, 0.6) is 0 Å². The minimum atomic E-state index is -0.279. The van der Waals surface area contributed by atoms with E-state index in [4.69, 9.17) is 0 Å². The van der Waals surface area contributed by atoms with Gasteiger partial charge in [-0.1, -0.05) is 23.8 Å². The molecule has 1 aromatic rings. The average Bonchev–Trinajstić information content (AvgIpc) is 3.03. The Morgan fingerprint density at radius 1 is 1.31 bits per heavy atom. The van der Waals surface area contributed by atoms with Crippen molar-refractivity contribution in [3.8, 4) is 0 Å². The van der Waals surface area contributed by atoms with Gasteiger partial charge in [0.1, 0.15) is 0 Å². The maximum Gasteiger partial charge on any atom is 0.244 e. The summed E-state index contributed by atoms with van der Waals surface area (Å²) < 4.78 is 0. The second-order valence-corrected chi connectivity index (χ2v) is 4.60. The molecule has 1 fully saturated rings. The van der Waals surface area contributed by atoms with Crippen LogP contribution in [0.15, 0.2) is 18.2 Å². The van der Waals surface area contributed by atoms with E-state index < -0.39 is 0 Å². The van der Waals surface area contributed by atoms with E-state index >= 15 is 0 Å². The minimum absolute atomic E-state index is 0.0868. The van der Waals surface area contributed by atoms with Gasteiger partial charge in [0.25, 0.3) is 0 Å². The lowest BCUT2D eigenvalue weighted by Crippen LogP contribution is -2.41. The number of hydrogen-bond acceptors (Lipinski definition) is 2. The first-order valence-corrected chi connectivity index (χ1v) is 5.65. The fourth-order valence-corrected chi connectivity index (χ4v) is 2.23. The molecule has 1 aliphatic rings. The summed E-state index contributed by atoms with van der Waals surface area (Å²) in [6.45, 7) is 4.14. The first-order chi connectivity index (χ1) is 7.60. The highest BCUT2D eigenvalue weighted by atomic mass is 16.2. The predicted octanol–water partition coefficient (Wildman–Crippen LogP) is 1.59. The van der Waals surface area contributed by atoms with Crippen molar-refractivity contribution in [3.63, 3.8) is 0 Å². The van der Waals surface area contributed by atoms with Crippen LogP contribution in [-0.4, -0.2) is 13.0 Å². The topological polar surface area (TPSA) is 41.1 Å². The third-order valence-electron chi connectivity index (χ3n) is 3.33. The van der Waals surface area contributed by atoms with Gasteiger partial charge in [-0.25, -0.2) is 5.43 Å². The number of carbonyl (C=O) groups is 1. The lowest BCUT2D eigenvalue weighted by Gasteiger charge is -2.18. The van der Waals surface area contributed by atoms with Crippen LogP contribution < -0.4 is 10.9 Å². The van der Waals surface area contributed by atoms with Gasteiger partial charge in [-0.05, 0) is 37.8 Å². The Bertz CT molecular complexity index is 422. The SMILES string of the molecule is CNNC(=O)C1(c2cc(C)ccc2C)CC1. The fourth-order valence-electron chi connectivity index (χ4n) is 2.23. The van der Waals surface area contributed by atoms with E-state index in [1.165, 1.54) is 16.7 Å². The molecule has 0 radical (unpaired) electrons. The second-order valence-electron chi connectivity index (χ2n) is 4.60. The normalized spacial score (nSPS) is 16.9. The van der Waals surface area contributed by atoms with E-state index in [0.29, 0.717) is 0 Å². The molecule has 3 nitrogen and oxygen atoms in total. The van der Waals surface area contributed by atoms with Crippen LogP contribution in [0.25, 0.3) is 0 Å². The summed E-state index contributed by atoms with van der Waals surface area (Å²) >= 11 is 0. The van der Waals surface area contributed by atoms with Crippen molar-refractivity contribution in [2.24, 2.45) is 0 Å². The van der Waals surface area contributed by atoms with Gasteiger partial charge in [-0.2, -0.15) is 0 Å². The molecule has 1 amide bonds. The Balaban J connectivity index is 2.36. The monoisotopic (exact) mass is 218 g/mol. The van der Waals surface area contributed by atoms with Crippen molar-refractivity contribution in [3.05, 3.63) is 34.9 Å². The lowest BCUT2D eigenvalue weighted by molar-refractivity contribution is -0.124. The van der Waals surface area contributed by atoms with E-state index in [-0.39, 0.29) is 11.3 Å². The molecule has 2 N–H and O–H groups in total. The second kappa shape index (κ2) is 3.91. The molecular weight excluding hydrogens is 200 g/mol. The van der Waals surface area contributed by atoms with E-state index in [1.807, 2.05) is 0 Å². The van der Waals surface area contributed by atoms with Crippen LogP contribution in [0.4, 0.5) is 0 Å². The smallest absolute Gasteiger partial charge is 0.244 e. The van der Waals surface area contributed by atoms with Crippen molar-refractivity contribution >= 4 is 5.91 Å². The maximum absolute atomic E-state index is 12.0. The molecule has 0 heterocycles. The molecular formula is C13H18N2O. The summed E-state index contributed by atoms with van der Waals surface area (Å²) in [5, 5.41) is 0. The van der Waals surface area contributed by atoms with Crippen molar-refractivity contribution < 1.29 is 4.79 Å². The number of rotatable bonds is 3.